The molecule has 2 atom stereocenters. The zero-order valence-electron chi connectivity index (χ0n) is 14.3. The van der Waals surface area contributed by atoms with E-state index in [0.29, 0.717) is 27.9 Å². The lowest BCUT2D eigenvalue weighted by Gasteiger charge is -2.14. The predicted molar refractivity (Wildman–Crippen MR) is 102 cm³/mol. The molecule has 0 aliphatic rings. The third-order valence-corrected chi connectivity index (χ3v) is 4.33. The number of hydrogen-bond donors (Lipinski definition) is 3. The first-order valence-electron chi connectivity index (χ1n) is 8.04. The summed E-state index contributed by atoms with van der Waals surface area (Å²) in [5, 5.41) is 13.6. The molecule has 1 aromatic carbocycles. The summed E-state index contributed by atoms with van der Waals surface area (Å²) in [5.41, 5.74) is 1.12. The van der Waals surface area contributed by atoms with Crippen LogP contribution in [-0.2, 0) is 0 Å². The zero-order valence-corrected chi connectivity index (χ0v) is 15.5. The van der Waals surface area contributed by atoms with Crippen LogP contribution in [-0.4, -0.2) is 26.6 Å². The highest BCUT2D eigenvalue weighted by molar-refractivity contribution is 7.27. The van der Waals surface area contributed by atoms with Gasteiger partial charge in [-0.25, -0.2) is 18.7 Å². The van der Waals surface area contributed by atoms with Gasteiger partial charge in [-0.05, 0) is 36.0 Å². The number of aryl methyl sites for hydroxylation is 1. The standard InChI is InChI=1S/C18H17F2N4O2P/c1-9-4-16(22-8-14(25)10-2-3-21-17(26)5-10)24-18(23-9)11-6-12(19)13(20)7-15(11)27/h2-7,14,25H,8,27H2,1H3,(H,21,26)(H,22,23,24). The van der Waals surface area contributed by atoms with Gasteiger partial charge in [-0.3, -0.25) is 4.79 Å². The van der Waals surface area contributed by atoms with Crippen LogP contribution in [0.25, 0.3) is 11.4 Å². The largest absolute Gasteiger partial charge is 0.387 e. The Bertz CT molecular complexity index is 1040. The van der Waals surface area contributed by atoms with Crippen molar-refractivity contribution in [2.45, 2.75) is 13.0 Å². The normalized spacial score (nSPS) is 12.0. The predicted octanol–water partition coefficient (Wildman–Crippen LogP) is 2.06. The molecular formula is C18H17F2N4O2P. The van der Waals surface area contributed by atoms with Crippen LogP contribution >= 0.6 is 9.24 Å². The molecule has 0 saturated carbocycles. The zero-order chi connectivity index (χ0) is 19.6. The van der Waals surface area contributed by atoms with Gasteiger partial charge in [0.15, 0.2) is 17.5 Å². The number of nitrogens with zero attached hydrogens (tertiary/aromatic N) is 2. The van der Waals surface area contributed by atoms with Gasteiger partial charge in [-0.1, -0.05) is 0 Å². The van der Waals surface area contributed by atoms with Gasteiger partial charge in [0.25, 0.3) is 0 Å². The molecule has 0 aliphatic carbocycles. The number of aliphatic hydroxyl groups excluding tert-OH is 1. The second-order valence-electron chi connectivity index (χ2n) is 5.95. The smallest absolute Gasteiger partial charge is 0.248 e. The Morgan fingerprint density at radius 3 is 2.70 bits per heavy atom. The maximum atomic E-state index is 13.6. The number of anilines is 1. The molecular weight excluding hydrogens is 373 g/mol. The molecule has 0 fully saturated rings. The van der Waals surface area contributed by atoms with Crippen LogP contribution in [0.15, 0.2) is 41.3 Å². The molecule has 140 valence electrons. The highest BCUT2D eigenvalue weighted by atomic mass is 31.0. The number of aromatic amines is 1. The topological polar surface area (TPSA) is 90.9 Å². The first-order chi connectivity index (χ1) is 12.8. The Morgan fingerprint density at radius 1 is 1.22 bits per heavy atom. The second-order valence-corrected chi connectivity index (χ2v) is 6.58. The van der Waals surface area contributed by atoms with E-state index in [2.05, 4.69) is 29.5 Å². The quantitative estimate of drug-likeness (QED) is 0.581. The van der Waals surface area contributed by atoms with Crippen LogP contribution in [0.4, 0.5) is 14.6 Å². The lowest BCUT2D eigenvalue weighted by Crippen LogP contribution is -2.16. The molecule has 9 heteroatoms. The van der Waals surface area contributed by atoms with Crippen molar-refractivity contribution in [1.29, 1.82) is 0 Å². The van der Waals surface area contributed by atoms with Crippen LogP contribution in [0, 0.1) is 18.6 Å². The van der Waals surface area contributed by atoms with Crippen molar-refractivity contribution in [3.63, 3.8) is 0 Å². The molecule has 0 amide bonds. The molecule has 0 bridgehead atoms. The third kappa shape index (κ3) is 4.53. The van der Waals surface area contributed by atoms with Crippen LogP contribution in [0.1, 0.15) is 17.4 Å². The van der Waals surface area contributed by atoms with Gasteiger partial charge in [0.1, 0.15) is 5.82 Å². The first-order valence-corrected chi connectivity index (χ1v) is 8.62. The highest BCUT2D eigenvalue weighted by Gasteiger charge is 2.14. The van der Waals surface area contributed by atoms with Crippen LogP contribution < -0.4 is 16.2 Å². The molecule has 2 unspecified atom stereocenters. The SMILES string of the molecule is Cc1cc(NCC(O)c2cc[nH]c(=O)c2)nc(-c2cc(F)c(F)cc2P)n1. The summed E-state index contributed by atoms with van der Waals surface area (Å²) in [4.78, 5) is 22.4. The van der Waals surface area contributed by atoms with E-state index in [1.165, 1.54) is 12.3 Å². The number of benzene rings is 1. The van der Waals surface area contributed by atoms with Crippen molar-refractivity contribution < 1.29 is 13.9 Å². The average molecular weight is 390 g/mol. The number of aliphatic hydroxyl groups is 1. The molecule has 3 aromatic rings. The summed E-state index contributed by atoms with van der Waals surface area (Å²) in [6.07, 6.45) is 0.531. The average Bonchev–Trinajstić information content (AvgIpc) is 2.62. The van der Waals surface area contributed by atoms with Gasteiger partial charge in [-0.2, -0.15) is 0 Å². The summed E-state index contributed by atoms with van der Waals surface area (Å²) in [6.45, 7) is 1.84. The first kappa shape index (κ1) is 19.1. The molecule has 0 radical (unpaired) electrons. The molecule has 3 N–H and O–H groups in total. The van der Waals surface area contributed by atoms with E-state index in [9.17, 15) is 18.7 Å². The Morgan fingerprint density at radius 2 is 1.96 bits per heavy atom. The van der Waals surface area contributed by atoms with Crippen molar-refractivity contribution in [3.8, 4) is 11.4 Å². The highest BCUT2D eigenvalue weighted by Crippen LogP contribution is 2.21. The molecule has 27 heavy (non-hydrogen) atoms. The van der Waals surface area contributed by atoms with Gasteiger partial charge in [-0.15, -0.1) is 9.24 Å². The molecule has 2 heterocycles. The van der Waals surface area contributed by atoms with E-state index < -0.39 is 17.7 Å². The fraction of sp³-hybridized carbons (Fsp3) is 0.167. The number of halogens is 2. The van der Waals surface area contributed by atoms with Gasteiger partial charge < -0.3 is 15.4 Å². The summed E-state index contributed by atoms with van der Waals surface area (Å²) < 4.78 is 26.9. The van der Waals surface area contributed by atoms with E-state index in [1.54, 1.807) is 19.1 Å². The fourth-order valence-electron chi connectivity index (χ4n) is 2.52. The van der Waals surface area contributed by atoms with Crippen molar-refractivity contribution in [3.05, 3.63) is 69.8 Å². The fourth-order valence-corrected chi connectivity index (χ4v) is 2.88. The third-order valence-electron chi connectivity index (χ3n) is 3.85. The lowest BCUT2D eigenvalue weighted by molar-refractivity contribution is 0.191. The van der Waals surface area contributed by atoms with Crippen LogP contribution in [0.3, 0.4) is 0 Å². The molecule has 3 rings (SSSR count). The van der Waals surface area contributed by atoms with Gasteiger partial charge in [0.2, 0.25) is 5.56 Å². The monoisotopic (exact) mass is 390 g/mol. The van der Waals surface area contributed by atoms with Crippen molar-refractivity contribution >= 4 is 20.4 Å². The Labute approximate surface area is 155 Å². The number of aromatic nitrogens is 3. The van der Waals surface area contributed by atoms with E-state index in [1.807, 2.05) is 0 Å². The van der Waals surface area contributed by atoms with E-state index in [-0.39, 0.29) is 17.9 Å². The van der Waals surface area contributed by atoms with Crippen molar-refractivity contribution in [1.82, 2.24) is 15.0 Å². The number of hydrogen-bond acceptors (Lipinski definition) is 5. The molecule has 0 aliphatic heterocycles. The Kier molecular flexibility index (Phi) is 5.58. The summed E-state index contributed by atoms with van der Waals surface area (Å²) in [7, 11) is 2.33. The van der Waals surface area contributed by atoms with E-state index in [0.717, 1.165) is 12.1 Å². The lowest BCUT2D eigenvalue weighted by atomic mass is 10.1. The Balaban J connectivity index is 1.84. The van der Waals surface area contributed by atoms with Crippen LogP contribution in [0.5, 0.6) is 0 Å². The second kappa shape index (κ2) is 7.90. The maximum absolute atomic E-state index is 13.6. The minimum absolute atomic E-state index is 0.102. The van der Waals surface area contributed by atoms with Gasteiger partial charge in [0.05, 0.1) is 6.10 Å². The summed E-state index contributed by atoms with van der Waals surface area (Å²) in [6, 6.07) is 6.68. The number of rotatable bonds is 5. The molecule has 2 aromatic heterocycles. The van der Waals surface area contributed by atoms with Crippen LogP contribution in [0.2, 0.25) is 0 Å². The molecule has 6 nitrogen and oxygen atoms in total. The van der Waals surface area contributed by atoms with Gasteiger partial charge in [0, 0.05) is 36.1 Å². The van der Waals surface area contributed by atoms with Gasteiger partial charge >= 0.3 is 0 Å². The maximum Gasteiger partial charge on any atom is 0.248 e. The van der Waals surface area contributed by atoms with Crippen molar-refractivity contribution in [2.24, 2.45) is 0 Å². The summed E-state index contributed by atoms with van der Waals surface area (Å²) in [5.74, 6) is -1.29. The minimum Gasteiger partial charge on any atom is -0.387 e. The number of nitrogens with one attached hydrogen (secondary N) is 2. The summed E-state index contributed by atoms with van der Waals surface area (Å²) >= 11 is 0. The number of pyridine rings is 1. The molecule has 0 saturated heterocycles. The number of H-pyrrole nitrogens is 1. The van der Waals surface area contributed by atoms with Crippen molar-refractivity contribution in [2.75, 3.05) is 11.9 Å². The molecule has 0 spiro atoms. The van der Waals surface area contributed by atoms with E-state index in [4.69, 9.17) is 0 Å². The Hall–Kier alpha value is -2.70. The van der Waals surface area contributed by atoms with E-state index >= 15 is 0 Å². The minimum atomic E-state index is -0.986.